The lowest BCUT2D eigenvalue weighted by Gasteiger charge is -1.95. The number of phenolic OH excluding ortho intramolecular Hbond substituents is 1. The maximum Gasteiger partial charge on any atom is 0.201 e. The highest BCUT2D eigenvalue weighted by atomic mass is 31.0. The standard InChI is InChI=1S/C9H7O2P/c10-7-1-2-8-6(5-7)3-4-12-9(8)11/h1-5,10,12H. The van der Waals surface area contributed by atoms with Gasteiger partial charge >= 0.3 is 0 Å². The van der Waals surface area contributed by atoms with Gasteiger partial charge in [0.25, 0.3) is 0 Å². The molecule has 60 valence electrons. The normalized spacial score (nSPS) is 11.0. The molecule has 0 bridgehead atoms. The Balaban J connectivity index is 2.96. The topological polar surface area (TPSA) is 37.3 Å². The summed E-state index contributed by atoms with van der Waals surface area (Å²) in [4.78, 5) is 11.3. The average Bonchev–Trinajstić information content (AvgIpc) is 2.04. The number of fused-ring (bicyclic) bond motifs is 1. The van der Waals surface area contributed by atoms with Crippen LogP contribution in [0.3, 0.4) is 0 Å². The van der Waals surface area contributed by atoms with E-state index in [0.29, 0.717) is 5.39 Å². The van der Waals surface area contributed by atoms with E-state index >= 15 is 0 Å². The highest BCUT2D eigenvalue weighted by molar-refractivity contribution is 7.28. The first-order chi connectivity index (χ1) is 5.77. The van der Waals surface area contributed by atoms with Crippen LogP contribution in [0.2, 0.25) is 0 Å². The minimum Gasteiger partial charge on any atom is -0.508 e. The smallest absolute Gasteiger partial charge is 0.201 e. The Morgan fingerprint density at radius 2 is 2.08 bits per heavy atom. The average molecular weight is 178 g/mol. The molecule has 2 nitrogen and oxygen atoms in total. The van der Waals surface area contributed by atoms with Gasteiger partial charge in [0.2, 0.25) is 5.16 Å². The lowest BCUT2D eigenvalue weighted by Crippen LogP contribution is -1.91. The van der Waals surface area contributed by atoms with E-state index in [0.717, 1.165) is 5.39 Å². The quantitative estimate of drug-likeness (QED) is 0.669. The summed E-state index contributed by atoms with van der Waals surface area (Å²) in [6.07, 6.45) is 0. The van der Waals surface area contributed by atoms with Crippen LogP contribution in [0.15, 0.2) is 34.9 Å². The van der Waals surface area contributed by atoms with Crippen molar-refractivity contribution < 1.29 is 5.11 Å². The summed E-state index contributed by atoms with van der Waals surface area (Å²) in [6, 6.07) is 6.69. The third-order valence-electron chi connectivity index (χ3n) is 1.76. The van der Waals surface area contributed by atoms with Crippen LogP contribution in [-0.2, 0) is 0 Å². The SMILES string of the molecule is O=c1[pH]ccc2cc(O)ccc12. The van der Waals surface area contributed by atoms with Crippen molar-refractivity contribution in [2.75, 3.05) is 0 Å². The molecule has 0 aliphatic heterocycles. The van der Waals surface area contributed by atoms with Crippen LogP contribution >= 0.6 is 8.19 Å². The Morgan fingerprint density at radius 1 is 1.25 bits per heavy atom. The minimum atomic E-state index is 0.146. The molecule has 0 saturated heterocycles. The largest absolute Gasteiger partial charge is 0.508 e. The Bertz CT molecular complexity index is 473. The molecule has 2 rings (SSSR count). The maximum absolute atomic E-state index is 11.3. The first-order valence-corrected chi connectivity index (χ1v) is 4.65. The van der Waals surface area contributed by atoms with Crippen LogP contribution in [0.5, 0.6) is 5.75 Å². The van der Waals surface area contributed by atoms with Crippen molar-refractivity contribution >= 4 is 19.0 Å². The van der Waals surface area contributed by atoms with Crippen molar-refractivity contribution in [3.05, 3.63) is 40.0 Å². The van der Waals surface area contributed by atoms with Gasteiger partial charge < -0.3 is 5.11 Å². The predicted octanol–water partition coefficient (Wildman–Crippen LogP) is 1.94. The molecule has 0 saturated carbocycles. The summed E-state index contributed by atoms with van der Waals surface area (Å²) in [5.74, 6) is 2.04. The van der Waals surface area contributed by atoms with Gasteiger partial charge in [-0.15, -0.1) is 0 Å². The van der Waals surface area contributed by atoms with Gasteiger partial charge in [-0.2, -0.15) is 0 Å². The number of hydrogen-bond donors (Lipinski definition) is 1. The lowest BCUT2D eigenvalue weighted by atomic mass is 10.2. The lowest BCUT2D eigenvalue weighted by molar-refractivity contribution is 0.476. The van der Waals surface area contributed by atoms with E-state index in [2.05, 4.69) is 0 Å². The molecule has 0 spiro atoms. The van der Waals surface area contributed by atoms with Gasteiger partial charge in [0, 0.05) is 5.39 Å². The molecule has 1 N–H and O–H groups in total. The van der Waals surface area contributed by atoms with Crippen LogP contribution in [0.25, 0.3) is 10.8 Å². The zero-order chi connectivity index (χ0) is 8.55. The summed E-state index contributed by atoms with van der Waals surface area (Å²) in [5, 5.41) is 10.8. The van der Waals surface area contributed by atoms with Crippen LogP contribution in [0.4, 0.5) is 0 Å². The first-order valence-electron chi connectivity index (χ1n) is 3.58. The fourth-order valence-corrected chi connectivity index (χ4v) is 1.98. The van der Waals surface area contributed by atoms with Crippen molar-refractivity contribution in [2.45, 2.75) is 0 Å². The Kier molecular flexibility index (Phi) is 1.63. The van der Waals surface area contributed by atoms with Crippen LogP contribution in [-0.4, -0.2) is 5.11 Å². The Morgan fingerprint density at radius 3 is 2.92 bits per heavy atom. The zero-order valence-electron chi connectivity index (χ0n) is 6.24. The molecule has 1 aromatic carbocycles. The molecule has 3 heteroatoms. The number of benzene rings is 1. The summed E-state index contributed by atoms with van der Waals surface area (Å²) >= 11 is 0. The molecule has 0 fully saturated rings. The van der Waals surface area contributed by atoms with Crippen LogP contribution < -0.4 is 5.16 Å². The molecule has 0 radical (unpaired) electrons. The monoisotopic (exact) mass is 178 g/mol. The van der Waals surface area contributed by atoms with Gasteiger partial charge in [0.1, 0.15) is 5.75 Å². The molecule has 0 aliphatic rings. The Labute approximate surface area is 70.6 Å². The van der Waals surface area contributed by atoms with Gasteiger partial charge in [-0.3, -0.25) is 4.79 Å². The number of rotatable bonds is 0. The van der Waals surface area contributed by atoms with E-state index < -0.39 is 0 Å². The number of aromatic hydroxyl groups is 1. The molecule has 1 heterocycles. The molecule has 12 heavy (non-hydrogen) atoms. The van der Waals surface area contributed by atoms with Gasteiger partial charge in [-0.25, -0.2) is 0 Å². The van der Waals surface area contributed by atoms with E-state index in [1.165, 1.54) is 0 Å². The third-order valence-corrected chi connectivity index (χ3v) is 2.62. The highest BCUT2D eigenvalue weighted by Crippen LogP contribution is 2.18. The van der Waals surface area contributed by atoms with E-state index in [4.69, 9.17) is 5.11 Å². The maximum atomic E-state index is 11.3. The predicted molar refractivity (Wildman–Crippen MR) is 51.4 cm³/mol. The molecular weight excluding hydrogens is 171 g/mol. The van der Waals surface area contributed by atoms with Crippen LogP contribution in [0, 0.1) is 0 Å². The van der Waals surface area contributed by atoms with Crippen molar-refractivity contribution in [3.8, 4) is 5.75 Å². The number of phenols is 1. The molecule has 0 aliphatic carbocycles. The second-order valence-corrected chi connectivity index (χ2v) is 3.65. The second kappa shape index (κ2) is 2.65. The fraction of sp³-hybridized carbons (Fsp3) is 0. The van der Waals surface area contributed by atoms with Crippen molar-refractivity contribution in [2.24, 2.45) is 0 Å². The van der Waals surface area contributed by atoms with Gasteiger partial charge in [-0.05, 0) is 29.4 Å². The molecule has 0 amide bonds. The first kappa shape index (κ1) is 7.38. The number of hydrogen-bond acceptors (Lipinski definition) is 2. The molecular formula is C9H7O2P. The summed E-state index contributed by atoms with van der Waals surface area (Å²) in [6.45, 7) is 0. The second-order valence-electron chi connectivity index (χ2n) is 2.58. The molecule has 1 aromatic heterocycles. The Hall–Kier alpha value is -1.27. The van der Waals surface area contributed by atoms with Gasteiger partial charge in [-0.1, -0.05) is 14.3 Å². The van der Waals surface area contributed by atoms with E-state index in [1.54, 1.807) is 18.2 Å². The van der Waals surface area contributed by atoms with Crippen molar-refractivity contribution in [1.82, 2.24) is 0 Å². The molecule has 1 unspecified atom stereocenters. The molecule has 1 atom stereocenters. The van der Waals surface area contributed by atoms with Crippen molar-refractivity contribution in [1.29, 1.82) is 0 Å². The molecule has 2 aromatic rings. The minimum absolute atomic E-state index is 0.146. The highest BCUT2D eigenvalue weighted by Gasteiger charge is 1.96. The fourth-order valence-electron chi connectivity index (χ4n) is 1.18. The summed E-state index contributed by atoms with van der Waals surface area (Å²) < 4.78 is 0. The summed E-state index contributed by atoms with van der Waals surface area (Å²) in [7, 11) is 0.238. The van der Waals surface area contributed by atoms with E-state index in [9.17, 15) is 4.79 Å². The van der Waals surface area contributed by atoms with Gasteiger partial charge in [0.15, 0.2) is 0 Å². The zero-order valence-corrected chi connectivity index (χ0v) is 7.24. The third kappa shape index (κ3) is 1.10. The van der Waals surface area contributed by atoms with E-state index in [-0.39, 0.29) is 19.1 Å². The van der Waals surface area contributed by atoms with Crippen LogP contribution in [0.1, 0.15) is 0 Å². The van der Waals surface area contributed by atoms with Crippen molar-refractivity contribution in [3.63, 3.8) is 0 Å². The van der Waals surface area contributed by atoms with E-state index in [1.807, 2.05) is 11.9 Å². The van der Waals surface area contributed by atoms with Gasteiger partial charge in [0.05, 0.1) is 0 Å². The summed E-state index contributed by atoms with van der Waals surface area (Å²) in [5.41, 5.74) is 0.